The molecule has 0 aliphatic heterocycles. The van der Waals surface area contributed by atoms with Crippen LogP contribution in [0.3, 0.4) is 0 Å². The van der Waals surface area contributed by atoms with Crippen LogP contribution in [0.15, 0.2) is 23.8 Å². The van der Waals surface area contributed by atoms with Gasteiger partial charge in [0.25, 0.3) is 0 Å². The maximum Gasteiger partial charge on any atom is 0.416 e. The Labute approximate surface area is 117 Å². The van der Waals surface area contributed by atoms with Gasteiger partial charge < -0.3 is 5.11 Å². The molecule has 0 bridgehead atoms. The summed E-state index contributed by atoms with van der Waals surface area (Å²) in [5.41, 5.74) is -2.63. The number of hydrogen-bond donors (Lipinski definition) is 1. The number of hydrogen-bond acceptors (Lipinski definition) is 1. The summed E-state index contributed by atoms with van der Waals surface area (Å²) in [5, 5.41) is 9.10. The third kappa shape index (κ3) is 4.77. The molecule has 0 atom stereocenters. The molecule has 1 rings (SSSR count). The van der Waals surface area contributed by atoms with Gasteiger partial charge in [-0.25, -0.2) is 0 Å². The van der Waals surface area contributed by atoms with Crippen molar-refractivity contribution in [3.05, 3.63) is 40.5 Å². The van der Waals surface area contributed by atoms with Crippen LogP contribution in [-0.2, 0) is 12.4 Å². The van der Waals surface area contributed by atoms with E-state index in [9.17, 15) is 26.3 Å². The van der Waals surface area contributed by atoms with Crippen molar-refractivity contribution < 1.29 is 31.4 Å². The first-order valence-corrected chi connectivity index (χ1v) is 6.06. The smallest absolute Gasteiger partial charge is 0.392 e. The number of aliphatic hydroxyl groups is 1. The minimum Gasteiger partial charge on any atom is -0.392 e. The average molecular weight is 312 g/mol. The van der Waals surface area contributed by atoms with E-state index in [4.69, 9.17) is 5.11 Å². The Bertz CT molecular complexity index is 493. The van der Waals surface area contributed by atoms with Crippen molar-refractivity contribution in [1.82, 2.24) is 0 Å². The molecule has 118 valence electrons. The van der Waals surface area contributed by atoms with Gasteiger partial charge in [-0.2, -0.15) is 26.3 Å². The summed E-state index contributed by atoms with van der Waals surface area (Å²) in [7, 11) is 0. The van der Waals surface area contributed by atoms with Crippen LogP contribution >= 0.6 is 0 Å². The fourth-order valence-electron chi connectivity index (χ4n) is 1.67. The van der Waals surface area contributed by atoms with E-state index in [1.807, 2.05) is 0 Å². The molecule has 0 saturated carbocycles. The van der Waals surface area contributed by atoms with Crippen LogP contribution in [0.4, 0.5) is 26.3 Å². The number of alkyl halides is 6. The highest BCUT2D eigenvalue weighted by atomic mass is 19.4. The van der Waals surface area contributed by atoms with E-state index in [2.05, 4.69) is 0 Å². The van der Waals surface area contributed by atoms with Crippen molar-refractivity contribution in [3.63, 3.8) is 0 Å². The Hall–Kier alpha value is -1.50. The van der Waals surface area contributed by atoms with Gasteiger partial charge in [-0.15, -0.1) is 0 Å². The maximum atomic E-state index is 12.7. The standard InChI is InChI=1S/C14H14F6O/c1-8(2)10(7-21)3-9-4-11(13(15,16)17)6-12(5-9)14(18,19)20/h3-6,8,21H,7H2,1-2H3. The summed E-state index contributed by atoms with van der Waals surface area (Å²) in [5.74, 6) is -0.195. The van der Waals surface area contributed by atoms with Gasteiger partial charge in [0, 0.05) is 0 Å². The molecule has 0 aliphatic carbocycles. The minimum atomic E-state index is -4.87. The van der Waals surface area contributed by atoms with Crippen LogP contribution in [0.25, 0.3) is 6.08 Å². The van der Waals surface area contributed by atoms with E-state index in [-0.39, 0.29) is 17.5 Å². The lowest BCUT2D eigenvalue weighted by Crippen LogP contribution is -2.11. The highest BCUT2D eigenvalue weighted by molar-refractivity contribution is 5.56. The number of benzene rings is 1. The number of halogens is 6. The van der Waals surface area contributed by atoms with E-state index in [0.717, 1.165) is 6.08 Å². The van der Waals surface area contributed by atoms with Gasteiger partial charge in [0.1, 0.15) is 0 Å². The van der Waals surface area contributed by atoms with Crippen LogP contribution in [-0.4, -0.2) is 11.7 Å². The van der Waals surface area contributed by atoms with Crippen LogP contribution in [0.5, 0.6) is 0 Å². The molecule has 7 heteroatoms. The molecule has 0 fully saturated rings. The first kappa shape index (κ1) is 17.6. The highest BCUT2D eigenvalue weighted by Gasteiger charge is 2.36. The second-order valence-corrected chi connectivity index (χ2v) is 4.87. The first-order chi connectivity index (χ1) is 9.45. The van der Waals surface area contributed by atoms with Gasteiger partial charge in [0.05, 0.1) is 17.7 Å². The monoisotopic (exact) mass is 312 g/mol. The fourth-order valence-corrected chi connectivity index (χ4v) is 1.67. The third-order valence-corrected chi connectivity index (χ3v) is 2.89. The van der Waals surface area contributed by atoms with Crippen LogP contribution in [0, 0.1) is 5.92 Å². The summed E-state index contributed by atoms with van der Waals surface area (Å²) >= 11 is 0. The van der Waals surface area contributed by atoms with Gasteiger partial charge in [-0.1, -0.05) is 19.9 Å². The molecule has 0 heterocycles. The van der Waals surface area contributed by atoms with Crippen LogP contribution < -0.4 is 0 Å². The highest BCUT2D eigenvalue weighted by Crippen LogP contribution is 2.36. The quantitative estimate of drug-likeness (QED) is 0.798. The molecule has 0 aromatic heterocycles. The van der Waals surface area contributed by atoms with Gasteiger partial charge >= 0.3 is 12.4 Å². The summed E-state index contributed by atoms with van der Waals surface area (Å²) in [6, 6.07) is 1.34. The van der Waals surface area contributed by atoms with Gasteiger partial charge in [0.2, 0.25) is 0 Å². The van der Waals surface area contributed by atoms with Crippen molar-refractivity contribution >= 4 is 6.08 Å². The lowest BCUT2D eigenvalue weighted by atomic mass is 9.98. The minimum absolute atomic E-state index is 0.0747. The summed E-state index contributed by atoms with van der Waals surface area (Å²) < 4.78 is 76.1. The second kappa shape index (κ2) is 6.09. The molecule has 21 heavy (non-hydrogen) atoms. The molecule has 1 nitrogen and oxygen atoms in total. The lowest BCUT2D eigenvalue weighted by molar-refractivity contribution is -0.143. The SMILES string of the molecule is CC(C)C(=Cc1cc(C(F)(F)F)cc(C(F)(F)F)c1)CO. The van der Waals surface area contributed by atoms with E-state index in [1.165, 1.54) is 0 Å². The van der Waals surface area contributed by atoms with E-state index in [1.54, 1.807) is 13.8 Å². The topological polar surface area (TPSA) is 20.2 Å². The molecule has 0 aliphatic rings. The fraction of sp³-hybridized carbons (Fsp3) is 0.429. The van der Waals surface area contributed by atoms with Crippen molar-refractivity contribution in [2.75, 3.05) is 6.61 Å². The summed E-state index contributed by atoms with van der Waals surface area (Å²) in [4.78, 5) is 0. The number of aliphatic hydroxyl groups excluding tert-OH is 1. The van der Waals surface area contributed by atoms with E-state index < -0.39 is 30.1 Å². The van der Waals surface area contributed by atoms with Gasteiger partial charge in [0.15, 0.2) is 0 Å². The second-order valence-electron chi connectivity index (χ2n) is 4.87. The lowest BCUT2D eigenvalue weighted by Gasteiger charge is -2.14. The first-order valence-electron chi connectivity index (χ1n) is 6.06. The molecule has 0 amide bonds. The summed E-state index contributed by atoms with van der Waals surface area (Å²) in [6.07, 6.45) is -8.60. The number of rotatable bonds is 3. The predicted molar refractivity (Wildman–Crippen MR) is 66.3 cm³/mol. The van der Waals surface area contributed by atoms with E-state index in [0.29, 0.717) is 17.7 Å². The average Bonchev–Trinajstić information content (AvgIpc) is 2.33. The Morgan fingerprint density at radius 1 is 1.00 bits per heavy atom. The molecule has 1 aromatic rings. The Balaban J connectivity index is 3.46. The molecule has 0 unspecified atom stereocenters. The van der Waals surface area contributed by atoms with Crippen molar-refractivity contribution in [1.29, 1.82) is 0 Å². The Morgan fingerprint density at radius 3 is 1.71 bits per heavy atom. The van der Waals surface area contributed by atoms with Crippen molar-refractivity contribution in [2.24, 2.45) is 5.92 Å². The Morgan fingerprint density at radius 2 is 1.43 bits per heavy atom. The predicted octanol–water partition coefficient (Wildman–Crippen LogP) is 4.76. The van der Waals surface area contributed by atoms with Gasteiger partial charge in [-0.3, -0.25) is 0 Å². The molecule has 1 aromatic carbocycles. The van der Waals surface area contributed by atoms with Crippen LogP contribution in [0.2, 0.25) is 0 Å². The third-order valence-electron chi connectivity index (χ3n) is 2.89. The molecular weight excluding hydrogens is 298 g/mol. The molecule has 0 radical (unpaired) electrons. The molecular formula is C14H14F6O. The van der Waals surface area contributed by atoms with Crippen molar-refractivity contribution in [2.45, 2.75) is 26.2 Å². The zero-order valence-corrected chi connectivity index (χ0v) is 11.3. The molecule has 0 saturated heterocycles. The zero-order valence-electron chi connectivity index (χ0n) is 11.3. The largest absolute Gasteiger partial charge is 0.416 e. The van der Waals surface area contributed by atoms with Crippen molar-refractivity contribution in [3.8, 4) is 0 Å². The maximum absolute atomic E-state index is 12.7. The van der Waals surface area contributed by atoms with Crippen LogP contribution in [0.1, 0.15) is 30.5 Å². The Kier molecular flexibility index (Phi) is 5.09. The van der Waals surface area contributed by atoms with E-state index >= 15 is 0 Å². The zero-order chi connectivity index (χ0) is 16.4. The molecule has 1 N–H and O–H groups in total. The van der Waals surface area contributed by atoms with Gasteiger partial charge in [-0.05, 0) is 35.3 Å². The molecule has 0 spiro atoms. The summed E-state index contributed by atoms with van der Waals surface area (Å²) in [6.45, 7) is 2.93. The normalized spacial score (nSPS) is 13.9.